The highest BCUT2D eigenvalue weighted by molar-refractivity contribution is 14.0. The van der Waals surface area contributed by atoms with Gasteiger partial charge in [0.25, 0.3) is 0 Å². The Morgan fingerprint density at radius 1 is 1.29 bits per heavy atom. The van der Waals surface area contributed by atoms with Crippen molar-refractivity contribution in [3.05, 3.63) is 29.8 Å². The summed E-state index contributed by atoms with van der Waals surface area (Å²) in [5.41, 5.74) is 1.18. The number of methoxy groups -OCH3 is 1. The van der Waals surface area contributed by atoms with E-state index in [1.54, 1.807) is 7.11 Å². The zero-order valence-corrected chi connectivity index (χ0v) is 18.3. The average molecular weight is 448 g/mol. The van der Waals surface area contributed by atoms with Gasteiger partial charge >= 0.3 is 0 Å². The highest BCUT2D eigenvalue weighted by Gasteiger charge is 2.16. The molecule has 1 aromatic carbocycles. The molecule has 5 nitrogen and oxygen atoms in total. The van der Waals surface area contributed by atoms with Crippen LogP contribution < -0.4 is 15.4 Å². The van der Waals surface area contributed by atoms with Crippen LogP contribution in [0.2, 0.25) is 0 Å². The van der Waals surface area contributed by atoms with Crippen LogP contribution in [0.5, 0.6) is 5.75 Å². The predicted molar refractivity (Wildman–Crippen MR) is 114 cm³/mol. The second-order valence-corrected chi connectivity index (χ2v) is 6.85. The monoisotopic (exact) mass is 448 g/mol. The average Bonchev–Trinajstić information content (AvgIpc) is 2.46. The fourth-order valence-electron chi connectivity index (χ4n) is 2.26. The second-order valence-electron chi connectivity index (χ2n) is 6.85. The van der Waals surface area contributed by atoms with Crippen LogP contribution in [0.15, 0.2) is 29.3 Å². The molecule has 0 saturated carbocycles. The fraction of sp³-hybridized carbons (Fsp3) is 0.611. The van der Waals surface area contributed by atoms with Crippen LogP contribution in [-0.2, 0) is 0 Å². The lowest BCUT2D eigenvalue weighted by Gasteiger charge is -2.26. The van der Waals surface area contributed by atoms with Crippen molar-refractivity contribution in [1.82, 2.24) is 15.5 Å². The highest BCUT2D eigenvalue weighted by Crippen LogP contribution is 2.22. The third-order valence-corrected chi connectivity index (χ3v) is 3.36. The van der Waals surface area contributed by atoms with E-state index in [1.165, 1.54) is 5.56 Å². The van der Waals surface area contributed by atoms with E-state index in [4.69, 9.17) is 9.73 Å². The van der Waals surface area contributed by atoms with Gasteiger partial charge < -0.3 is 20.3 Å². The van der Waals surface area contributed by atoms with E-state index >= 15 is 0 Å². The zero-order chi connectivity index (χ0) is 17.5. The first kappa shape index (κ1) is 23.0. The molecule has 0 fully saturated rings. The fourth-order valence-corrected chi connectivity index (χ4v) is 2.26. The topological polar surface area (TPSA) is 48.9 Å². The number of hydrogen-bond donors (Lipinski definition) is 2. The van der Waals surface area contributed by atoms with Crippen LogP contribution in [0.25, 0.3) is 0 Å². The first-order valence-electron chi connectivity index (χ1n) is 8.13. The molecule has 0 spiro atoms. The lowest BCUT2D eigenvalue weighted by Crippen LogP contribution is -2.47. The Morgan fingerprint density at radius 2 is 1.96 bits per heavy atom. The van der Waals surface area contributed by atoms with Crippen LogP contribution in [-0.4, -0.2) is 50.7 Å². The summed E-state index contributed by atoms with van der Waals surface area (Å²) in [4.78, 5) is 6.94. The minimum Gasteiger partial charge on any atom is -0.497 e. The van der Waals surface area contributed by atoms with Gasteiger partial charge in [0.2, 0.25) is 0 Å². The standard InChI is InChI=1S/C18H32N4O.HI/c1-8-19-17(21-18(2,3)4)20-13-16(22(5)6)14-10-9-11-15(12-14)23-7;/h9-12,16H,8,13H2,1-7H3,(H2,19,20,21);1H. The van der Waals surface area contributed by atoms with Gasteiger partial charge in [-0.05, 0) is 59.5 Å². The lowest BCUT2D eigenvalue weighted by atomic mass is 10.1. The van der Waals surface area contributed by atoms with Crippen molar-refractivity contribution in [1.29, 1.82) is 0 Å². The number of likely N-dealkylation sites (N-methyl/N-ethyl adjacent to an activating group) is 1. The molecule has 0 aromatic heterocycles. The third kappa shape index (κ3) is 8.19. The van der Waals surface area contributed by atoms with Crippen LogP contribution >= 0.6 is 24.0 Å². The van der Waals surface area contributed by atoms with Crippen molar-refractivity contribution in [3.8, 4) is 5.75 Å². The third-order valence-electron chi connectivity index (χ3n) is 3.36. The molecule has 1 atom stereocenters. The summed E-state index contributed by atoms with van der Waals surface area (Å²) in [6.07, 6.45) is 0. The summed E-state index contributed by atoms with van der Waals surface area (Å²) in [5, 5.41) is 6.72. The summed E-state index contributed by atoms with van der Waals surface area (Å²) < 4.78 is 5.34. The molecule has 1 aromatic rings. The van der Waals surface area contributed by atoms with Crippen molar-refractivity contribution < 1.29 is 4.74 Å². The molecule has 0 radical (unpaired) electrons. The number of aliphatic imine (C=N–C) groups is 1. The maximum Gasteiger partial charge on any atom is 0.191 e. The van der Waals surface area contributed by atoms with E-state index in [2.05, 4.69) is 69.5 Å². The second kappa shape index (κ2) is 10.8. The minimum absolute atomic E-state index is 0. The highest BCUT2D eigenvalue weighted by atomic mass is 127. The van der Waals surface area contributed by atoms with Gasteiger partial charge in [0.15, 0.2) is 5.96 Å². The van der Waals surface area contributed by atoms with Gasteiger partial charge in [0.1, 0.15) is 5.75 Å². The molecule has 0 aliphatic heterocycles. The van der Waals surface area contributed by atoms with Crippen LogP contribution in [0.4, 0.5) is 0 Å². The van der Waals surface area contributed by atoms with E-state index in [1.807, 2.05) is 12.1 Å². The Hall–Kier alpha value is -1.02. The lowest BCUT2D eigenvalue weighted by molar-refractivity contribution is 0.305. The van der Waals surface area contributed by atoms with Gasteiger partial charge in [-0.1, -0.05) is 12.1 Å². The van der Waals surface area contributed by atoms with Crippen LogP contribution in [0.1, 0.15) is 39.3 Å². The number of benzene rings is 1. The van der Waals surface area contributed by atoms with Gasteiger partial charge in [-0.2, -0.15) is 0 Å². The summed E-state index contributed by atoms with van der Waals surface area (Å²) in [7, 11) is 5.84. The summed E-state index contributed by atoms with van der Waals surface area (Å²) in [6, 6.07) is 8.37. The summed E-state index contributed by atoms with van der Waals surface area (Å²) in [6.45, 7) is 9.98. The van der Waals surface area contributed by atoms with E-state index in [-0.39, 0.29) is 35.6 Å². The van der Waals surface area contributed by atoms with Gasteiger partial charge in [-0.15, -0.1) is 24.0 Å². The summed E-state index contributed by atoms with van der Waals surface area (Å²) >= 11 is 0. The molecule has 1 unspecified atom stereocenters. The van der Waals surface area contributed by atoms with Crippen LogP contribution in [0, 0.1) is 0 Å². The van der Waals surface area contributed by atoms with Crippen molar-refractivity contribution in [3.63, 3.8) is 0 Å². The van der Waals surface area contributed by atoms with E-state index in [0.717, 1.165) is 18.3 Å². The molecule has 0 aliphatic rings. The van der Waals surface area contributed by atoms with Gasteiger partial charge in [0.05, 0.1) is 19.7 Å². The Labute approximate surface area is 164 Å². The first-order valence-corrected chi connectivity index (χ1v) is 8.13. The molecule has 24 heavy (non-hydrogen) atoms. The first-order chi connectivity index (χ1) is 10.8. The van der Waals surface area contributed by atoms with E-state index in [0.29, 0.717) is 6.54 Å². The smallest absolute Gasteiger partial charge is 0.191 e. The minimum atomic E-state index is -0.0232. The van der Waals surface area contributed by atoms with Crippen molar-refractivity contribution in [2.75, 3.05) is 34.3 Å². The molecule has 0 amide bonds. The molecule has 2 N–H and O–H groups in total. The van der Waals surface area contributed by atoms with E-state index < -0.39 is 0 Å². The zero-order valence-electron chi connectivity index (χ0n) is 16.0. The Balaban J connectivity index is 0.00000529. The number of guanidine groups is 1. The molecule has 0 heterocycles. The van der Waals surface area contributed by atoms with Gasteiger partial charge in [-0.25, -0.2) is 0 Å². The molecule has 1 rings (SSSR count). The number of halogens is 1. The number of nitrogens with zero attached hydrogens (tertiary/aromatic N) is 2. The summed E-state index contributed by atoms with van der Waals surface area (Å²) in [5.74, 6) is 1.72. The quantitative estimate of drug-likeness (QED) is 0.399. The number of hydrogen-bond acceptors (Lipinski definition) is 3. The predicted octanol–water partition coefficient (Wildman–Crippen LogP) is 3.27. The maximum atomic E-state index is 5.34. The Kier molecular flexibility index (Phi) is 10.3. The van der Waals surface area contributed by atoms with Crippen LogP contribution in [0.3, 0.4) is 0 Å². The molecular formula is C18H33IN4O. The van der Waals surface area contributed by atoms with Crippen molar-refractivity contribution in [2.45, 2.75) is 39.3 Å². The molecule has 6 heteroatoms. The van der Waals surface area contributed by atoms with Crippen molar-refractivity contribution in [2.24, 2.45) is 4.99 Å². The Bertz CT molecular complexity index is 512. The molecule has 0 saturated heterocycles. The molecule has 0 aliphatic carbocycles. The van der Waals surface area contributed by atoms with E-state index in [9.17, 15) is 0 Å². The maximum absolute atomic E-state index is 5.34. The SMILES string of the molecule is CCNC(=NCC(c1cccc(OC)c1)N(C)C)NC(C)(C)C.I. The molecule has 138 valence electrons. The van der Waals surface area contributed by atoms with Crippen molar-refractivity contribution >= 4 is 29.9 Å². The molecular weight excluding hydrogens is 415 g/mol. The number of rotatable bonds is 6. The van der Waals surface area contributed by atoms with Gasteiger partial charge in [0, 0.05) is 12.1 Å². The number of ether oxygens (including phenoxy) is 1. The Morgan fingerprint density at radius 3 is 2.46 bits per heavy atom. The number of nitrogens with one attached hydrogen (secondary N) is 2. The molecule has 0 bridgehead atoms. The van der Waals surface area contributed by atoms with Gasteiger partial charge in [-0.3, -0.25) is 4.99 Å². The normalized spacial score (nSPS) is 13.2. The largest absolute Gasteiger partial charge is 0.497 e.